The van der Waals surface area contributed by atoms with Crippen molar-refractivity contribution in [2.24, 2.45) is 5.92 Å². The minimum Gasteiger partial charge on any atom is -0.455 e. The van der Waals surface area contributed by atoms with Crippen molar-refractivity contribution in [3.8, 4) is 11.5 Å². The van der Waals surface area contributed by atoms with E-state index in [1.807, 2.05) is 31.2 Å². The average Bonchev–Trinajstić information content (AvgIpc) is 3.45. The molecular weight excluding hydrogens is 446 g/mol. The molecule has 1 aromatic carbocycles. The van der Waals surface area contributed by atoms with Crippen LogP contribution in [0.1, 0.15) is 57.6 Å². The summed E-state index contributed by atoms with van der Waals surface area (Å²) in [6, 6.07) is 9.77. The molecule has 1 aliphatic rings. The molecule has 9 heteroatoms. The first-order valence-electron chi connectivity index (χ1n) is 12.1. The number of amides is 1. The van der Waals surface area contributed by atoms with Crippen LogP contribution in [0.2, 0.25) is 0 Å². The van der Waals surface area contributed by atoms with Crippen LogP contribution in [0, 0.1) is 12.8 Å². The Morgan fingerprint density at radius 1 is 1.20 bits per heavy atom. The fraction of sp³-hybridized carbons (Fsp3) is 0.462. The lowest BCUT2D eigenvalue weighted by Gasteiger charge is -2.21. The molecule has 0 radical (unpaired) electrons. The molecule has 35 heavy (non-hydrogen) atoms. The molecule has 1 fully saturated rings. The molecule has 3 aromatic rings. The Labute approximate surface area is 204 Å². The number of benzene rings is 1. The Kier molecular flexibility index (Phi) is 7.35. The van der Waals surface area contributed by atoms with Crippen LogP contribution in [-0.2, 0) is 11.3 Å². The Bertz CT molecular complexity index is 1200. The Hall–Kier alpha value is -3.46. The van der Waals surface area contributed by atoms with E-state index in [9.17, 15) is 14.7 Å². The van der Waals surface area contributed by atoms with Crippen molar-refractivity contribution in [2.75, 3.05) is 5.32 Å². The summed E-state index contributed by atoms with van der Waals surface area (Å²) in [5.74, 6) is 1.31. The quantitative estimate of drug-likeness (QED) is 0.479. The molecule has 186 valence electrons. The molecule has 2 heterocycles. The number of aliphatic hydroxyl groups is 1. The highest BCUT2D eigenvalue weighted by atomic mass is 16.5. The molecule has 1 saturated carbocycles. The van der Waals surface area contributed by atoms with Gasteiger partial charge in [0.25, 0.3) is 11.5 Å². The number of hydrogen-bond donors (Lipinski definition) is 2. The molecule has 0 spiro atoms. The molecule has 2 aromatic heterocycles. The second kappa shape index (κ2) is 10.4. The first-order valence-corrected chi connectivity index (χ1v) is 12.1. The minimum absolute atomic E-state index is 0.290. The van der Waals surface area contributed by atoms with Gasteiger partial charge in [0, 0.05) is 18.3 Å². The zero-order valence-corrected chi connectivity index (χ0v) is 20.5. The van der Waals surface area contributed by atoms with Crippen LogP contribution in [-0.4, -0.2) is 36.2 Å². The summed E-state index contributed by atoms with van der Waals surface area (Å²) in [7, 11) is 0. The molecule has 1 amide bonds. The van der Waals surface area contributed by atoms with Crippen molar-refractivity contribution in [3.05, 3.63) is 64.7 Å². The first kappa shape index (κ1) is 24.7. The highest BCUT2D eigenvalue weighted by Crippen LogP contribution is 2.32. The second-order valence-electron chi connectivity index (χ2n) is 9.99. The van der Waals surface area contributed by atoms with Crippen LogP contribution in [0.15, 0.2) is 53.6 Å². The summed E-state index contributed by atoms with van der Waals surface area (Å²) < 4.78 is 8.58. The van der Waals surface area contributed by atoms with Crippen molar-refractivity contribution in [1.82, 2.24) is 19.6 Å². The summed E-state index contributed by atoms with van der Waals surface area (Å²) >= 11 is 0. The van der Waals surface area contributed by atoms with Crippen LogP contribution in [0.25, 0.3) is 0 Å². The first-order chi connectivity index (χ1) is 16.7. The lowest BCUT2D eigenvalue weighted by atomic mass is 9.98. The van der Waals surface area contributed by atoms with Gasteiger partial charge in [-0.3, -0.25) is 14.3 Å². The number of carbonyl (C=O) groups is 1. The number of aromatic nitrogens is 4. The summed E-state index contributed by atoms with van der Waals surface area (Å²) in [6.45, 7) is 5.65. The maximum Gasteiger partial charge on any atom is 0.271 e. The largest absolute Gasteiger partial charge is 0.455 e. The molecule has 9 nitrogen and oxygen atoms in total. The van der Waals surface area contributed by atoms with E-state index in [2.05, 4.69) is 15.5 Å². The molecule has 0 aliphatic heterocycles. The average molecular weight is 480 g/mol. The number of hydrogen-bond acceptors (Lipinski definition) is 6. The van der Waals surface area contributed by atoms with Crippen LogP contribution in [0.3, 0.4) is 0 Å². The SMILES string of the molecule is Cc1ccc(Oc2cnn(C(CC3CCCC3)C(=O)Nc3ccn(CC(C)(C)O)n3)c(=O)c2)cc1. The van der Waals surface area contributed by atoms with E-state index >= 15 is 0 Å². The van der Waals surface area contributed by atoms with E-state index in [0.29, 0.717) is 29.7 Å². The van der Waals surface area contributed by atoms with Gasteiger partial charge in [0.2, 0.25) is 0 Å². The van der Waals surface area contributed by atoms with Crippen molar-refractivity contribution in [3.63, 3.8) is 0 Å². The summed E-state index contributed by atoms with van der Waals surface area (Å²) in [6.07, 6.45) is 8.02. The van der Waals surface area contributed by atoms with E-state index in [1.54, 1.807) is 30.8 Å². The topological polar surface area (TPSA) is 111 Å². The second-order valence-corrected chi connectivity index (χ2v) is 9.99. The molecule has 2 N–H and O–H groups in total. The minimum atomic E-state index is -0.933. The number of aryl methyl sites for hydroxylation is 1. The number of ether oxygens (including phenoxy) is 1. The van der Waals surface area contributed by atoms with Gasteiger partial charge in [0.1, 0.15) is 11.8 Å². The standard InChI is InChI=1S/C26H33N5O4/c1-18-8-10-20(11-9-18)35-21-15-24(32)31(27-16-21)22(14-19-6-4-5-7-19)25(33)28-23-12-13-30(29-23)17-26(2,3)34/h8-13,15-16,19,22,34H,4-7,14,17H2,1-3H3,(H,28,29,33). The maximum atomic E-state index is 13.3. The Balaban J connectivity index is 1.53. The zero-order valence-electron chi connectivity index (χ0n) is 20.5. The van der Waals surface area contributed by atoms with E-state index in [0.717, 1.165) is 31.2 Å². The van der Waals surface area contributed by atoms with Gasteiger partial charge in [-0.1, -0.05) is 43.4 Å². The summed E-state index contributed by atoms with van der Waals surface area (Å²) in [4.78, 5) is 26.3. The highest BCUT2D eigenvalue weighted by molar-refractivity contribution is 5.92. The van der Waals surface area contributed by atoms with Crippen molar-refractivity contribution >= 4 is 11.7 Å². The fourth-order valence-electron chi connectivity index (χ4n) is 4.44. The summed E-state index contributed by atoms with van der Waals surface area (Å²) in [5.41, 5.74) is -0.227. The Morgan fingerprint density at radius 2 is 1.91 bits per heavy atom. The van der Waals surface area contributed by atoms with Crippen molar-refractivity contribution < 1.29 is 14.6 Å². The van der Waals surface area contributed by atoms with Gasteiger partial charge in [0.15, 0.2) is 11.6 Å². The third-order valence-corrected chi connectivity index (χ3v) is 6.13. The van der Waals surface area contributed by atoms with Crippen LogP contribution >= 0.6 is 0 Å². The lowest BCUT2D eigenvalue weighted by molar-refractivity contribution is -0.120. The van der Waals surface area contributed by atoms with Gasteiger partial charge in [-0.25, -0.2) is 4.68 Å². The van der Waals surface area contributed by atoms with E-state index in [4.69, 9.17) is 4.74 Å². The van der Waals surface area contributed by atoms with E-state index in [1.165, 1.54) is 16.9 Å². The van der Waals surface area contributed by atoms with Gasteiger partial charge >= 0.3 is 0 Å². The molecule has 0 bridgehead atoms. The maximum absolute atomic E-state index is 13.3. The number of anilines is 1. The van der Waals surface area contributed by atoms with Gasteiger partial charge in [0.05, 0.1) is 18.3 Å². The number of nitrogens with zero attached hydrogens (tertiary/aromatic N) is 4. The molecule has 1 unspecified atom stereocenters. The van der Waals surface area contributed by atoms with E-state index in [-0.39, 0.29) is 12.5 Å². The molecule has 0 saturated heterocycles. The third kappa shape index (κ3) is 6.79. The van der Waals surface area contributed by atoms with Gasteiger partial charge in [-0.2, -0.15) is 10.2 Å². The smallest absolute Gasteiger partial charge is 0.271 e. The van der Waals surface area contributed by atoms with E-state index < -0.39 is 17.2 Å². The zero-order chi connectivity index (χ0) is 25.0. The van der Waals surface area contributed by atoms with Gasteiger partial charge in [-0.05, 0) is 45.2 Å². The van der Waals surface area contributed by atoms with Crippen LogP contribution in [0.5, 0.6) is 11.5 Å². The number of carbonyl (C=O) groups excluding carboxylic acids is 1. The third-order valence-electron chi connectivity index (χ3n) is 6.13. The molecule has 4 rings (SSSR count). The highest BCUT2D eigenvalue weighted by Gasteiger charge is 2.29. The van der Waals surface area contributed by atoms with Crippen LogP contribution < -0.4 is 15.6 Å². The molecular formula is C26H33N5O4. The molecule has 1 aliphatic carbocycles. The van der Waals surface area contributed by atoms with Crippen molar-refractivity contribution in [2.45, 2.75) is 71.1 Å². The fourth-order valence-corrected chi connectivity index (χ4v) is 4.44. The van der Waals surface area contributed by atoms with Crippen LogP contribution in [0.4, 0.5) is 5.82 Å². The normalized spacial score (nSPS) is 15.2. The number of rotatable bonds is 9. The predicted octanol–water partition coefficient (Wildman–Crippen LogP) is 4.07. The van der Waals surface area contributed by atoms with Gasteiger partial charge in [-0.15, -0.1) is 0 Å². The molecule has 1 atom stereocenters. The monoisotopic (exact) mass is 479 g/mol. The van der Waals surface area contributed by atoms with Gasteiger partial charge < -0.3 is 15.2 Å². The summed E-state index contributed by atoms with van der Waals surface area (Å²) in [5, 5.41) is 21.5. The number of nitrogens with one attached hydrogen (secondary N) is 1. The van der Waals surface area contributed by atoms with Crippen molar-refractivity contribution in [1.29, 1.82) is 0 Å². The predicted molar refractivity (Wildman–Crippen MR) is 133 cm³/mol. The lowest BCUT2D eigenvalue weighted by Crippen LogP contribution is -2.36. The Morgan fingerprint density at radius 3 is 2.57 bits per heavy atom.